The van der Waals surface area contributed by atoms with Crippen LogP contribution in [0.15, 0.2) is 94.5 Å². The topological polar surface area (TPSA) is 82.0 Å². The van der Waals surface area contributed by atoms with Crippen LogP contribution < -0.4 is 25.8 Å². The minimum Gasteiger partial charge on any atom is -0.493 e. The number of aryl methyl sites for hydroxylation is 3. The van der Waals surface area contributed by atoms with Crippen molar-refractivity contribution in [2.45, 2.75) is 58.3 Å². The van der Waals surface area contributed by atoms with Gasteiger partial charge in [0.05, 0.1) is 35.7 Å². The zero-order chi connectivity index (χ0) is 39.3. The number of unbranched alkanes of at least 4 members (excludes halogenated alkanes) is 2. The molecule has 6 aromatic rings. The molecule has 12 heteroatoms. The number of hydrogen-bond acceptors (Lipinski definition) is 7. The molecule has 0 spiro atoms. The summed E-state index contributed by atoms with van der Waals surface area (Å²) in [5.41, 5.74) is 7.47. The SMILES string of the molecule is COc1cc2c(cc1OCCn1c(=O)n(CCCCN3CCN(c4ccc(F)cc4)CC3)c3ccccc31)CCN(CCCCn1c(=O)n(C)c3ccccc31)C2. The minimum absolute atomic E-state index is 0.00519. The molecule has 0 atom stereocenters. The Bertz CT molecular complexity index is 2420. The van der Waals surface area contributed by atoms with Crippen LogP contribution in [0.25, 0.3) is 22.1 Å². The molecule has 1 saturated heterocycles. The van der Waals surface area contributed by atoms with Crippen LogP contribution in [0.5, 0.6) is 11.5 Å². The Morgan fingerprint density at radius 1 is 0.596 bits per heavy atom. The maximum atomic E-state index is 13.8. The van der Waals surface area contributed by atoms with Crippen LogP contribution in [0.4, 0.5) is 10.1 Å². The zero-order valence-corrected chi connectivity index (χ0v) is 33.2. The van der Waals surface area contributed by atoms with Crippen molar-refractivity contribution in [3.05, 3.63) is 123 Å². The number of para-hydroxylation sites is 4. The van der Waals surface area contributed by atoms with E-state index in [9.17, 15) is 14.0 Å². The molecule has 0 aliphatic carbocycles. The molecule has 2 aliphatic heterocycles. The molecule has 2 aromatic heterocycles. The first kappa shape index (κ1) is 38.5. The summed E-state index contributed by atoms with van der Waals surface area (Å²) in [6.07, 6.45) is 4.80. The van der Waals surface area contributed by atoms with Crippen LogP contribution in [0, 0.1) is 5.82 Å². The number of fused-ring (bicyclic) bond motifs is 3. The third-order valence-electron chi connectivity index (χ3n) is 11.9. The summed E-state index contributed by atoms with van der Waals surface area (Å²) in [5.74, 6) is 1.21. The molecule has 0 amide bonds. The molecule has 0 saturated carbocycles. The molecular formula is C45H54FN7O4. The largest absolute Gasteiger partial charge is 0.493 e. The highest BCUT2D eigenvalue weighted by atomic mass is 19.1. The molecule has 4 aromatic carbocycles. The Labute approximate surface area is 333 Å². The standard InChI is InChI=1S/C45H54FN7O4/c1-47-38-11-3-4-12-39(38)51(44(47)54)22-10-8-21-49-24-19-34-31-43(42(56-2)32-35(34)33-49)57-30-29-53-41-14-6-5-13-40(41)52(45(53)55)23-9-7-20-48-25-27-50(28-26-48)37-17-15-36(46)16-18-37/h3-6,11-18,31-32H,7-10,19-30,33H2,1-2H3. The normalized spacial score (nSPS) is 15.1. The summed E-state index contributed by atoms with van der Waals surface area (Å²) >= 11 is 0. The van der Waals surface area contributed by atoms with Crippen molar-refractivity contribution in [3.8, 4) is 11.5 Å². The molecule has 0 unspecified atom stereocenters. The number of anilines is 1. The summed E-state index contributed by atoms with van der Waals surface area (Å²) in [7, 11) is 3.52. The van der Waals surface area contributed by atoms with Gasteiger partial charge in [-0.3, -0.25) is 28.1 Å². The Kier molecular flexibility index (Phi) is 11.8. The first-order chi connectivity index (χ1) is 27.9. The van der Waals surface area contributed by atoms with E-state index in [-0.39, 0.29) is 17.2 Å². The molecule has 4 heterocycles. The van der Waals surface area contributed by atoms with E-state index in [4.69, 9.17) is 9.47 Å². The molecule has 1 fully saturated rings. The van der Waals surface area contributed by atoms with E-state index in [2.05, 4.69) is 26.8 Å². The van der Waals surface area contributed by atoms with E-state index in [0.717, 1.165) is 112 Å². The van der Waals surface area contributed by atoms with Crippen LogP contribution >= 0.6 is 0 Å². The van der Waals surface area contributed by atoms with Crippen LogP contribution in [-0.2, 0) is 39.6 Å². The number of benzene rings is 4. The Hall–Kier alpha value is -5.33. The number of nitrogens with zero attached hydrogens (tertiary/aromatic N) is 7. The second kappa shape index (κ2) is 17.4. The van der Waals surface area contributed by atoms with Crippen LogP contribution in [0.3, 0.4) is 0 Å². The number of piperazine rings is 1. The van der Waals surface area contributed by atoms with E-state index >= 15 is 0 Å². The first-order valence-corrected chi connectivity index (χ1v) is 20.5. The number of methoxy groups -OCH3 is 1. The molecule has 11 nitrogen and oxygen atoms in total. The quantitative estimate of drug-likeness (QED) is 0.110. The maximum Gasteiger partial charge on any atom is 0.329 e. The fourth-order valence-corrected chi connectivity index (χ4v) is 8.71. The number of imidazole rings is 2. The molecule has 300 valence electrons. The van der Waals surface area contributed by atoms with Crippen LogP contribution in [-0.4, -0.2) is 87.6 Å². The van der Waals surface area contributed by atoms with Gasteiger partial charge in [0.2, 0.25) is 0 Å². The van der Waals surface area contributed by atoms with Crippen molar-refractivity contribution in [2.75, 3.05) is 64.4 Å². The number of hydrogen-bond donors (Lipinski definition) is 0. The average molecular weight is 776 g/mol. The van der Waals surface area contributed by atoms with Crippen LogP contribution in [0.2, 0.25) is 0 Å². The fourth-order valence-electron chi connectivity index (χ4n) is 8.71. The second-order valence-corrected chi connectivity index (χ2v) is 15.4. The number of rotatable bonds is 16. The highest BCUT2D eigenvalue weighted by molar-refractivity contribution is 5.76. The third-order valence-corrected chi connectivity index (χ3v) is 11.9. The summed E-state index contributed by atoms with van der Waals surface area (Å²) in [6, 6.07) is 27.0. The third kappa shape index (κ3) is 8.38. The monoisotopic (exact) mass is 775 g/mol. The van der Waals surface area contributed by atoms with E-state index < -0.39 is 0 Å². The molecule has 0 bridgehead atoms. The fraction of sp³-hybridized carbons (Fsp3) is 0.422. The van der Waals surface area contributed by atoms with Gasteiger partial charge in [-0.2, -0.15) is 0 Å². The molecule has 57 heavy (non-hydrogen) atoms. The lowest BCUT2D eigenvalue weighted by Crippen LogP contribution is -2.46. The lowest BCUT2D eigenvalue weighted by Gasteiger charge is -2.36. The van der Waals surface area contributed by atoms with E-state index in [1.54, 1.807) is 11.7 Å². The Balaban J connectivity index is 0.819. The molecule has 0 N–H and O–H groups in total. The lowest BCUT2D eigenvalue weighted by atomic mass is 9.98. The summed E-state index contributed by atoms with van der Waals surface area (Å²) in [6.45, 7) is 9.75. The van der Waals surface area contributed by atoms with E-state index in [1.165, 1.54) is 23.3 Å². The zero-order valence-electron chi connectivity index (χ0n) is 33.2. The summed E-state index contributed by atoms with van der Waals surface area (Å²) in [4.78, 5) is 33.9. The predicted octanol–water partition coefficient (Wildman–Crippen LogP) is 6.12. The van der Waals surface area contributed by atoms with Gasteiger partial charge < -0.3 is 14.4 Å². The van der Waals surface area contributed by atoms with Gasteiger partial charge in [0.1, 0.15) is 12.4 Å². The van der Waals surface area contributed by atoms with E-state index in [0.29, 0.717) is 37.7 Å². The summed E-state index contributed by atoms with van der Waals surface area (Å²) in [5, 5.41) is 0. The van der Waals surface area contributed by atoms with Crippen molar-refractivity contribution in [1.29, 1.82) is 0 Å². The predicted molar refractivity (Wildman–Crippen MR) is 224 cm³/mol. The molecule has 0 radical (unpaired) electrons. The minimum atomic E-state index is -0.203. The second-order valence-electron chi connectivity index (χ2n) is 15.4. The van der Waals surface area contributed by atoms with Gasteiger partial charge in [0, 0.05) is 65.1 Å². The molecular weight excluding hydrogens is 722 g/mol. The van der Waals surface area contributed by atoms with Gasteiger partial charge in [-0.25, -0.2) is 14.0 Å². The van der Waals surface area contributed by atoms with Crippen molar-refractivity contribution in [2.24, 2.45) is 7.05 Å². The van der Waals surface area contributed by atoms with Gasteiger partial charge in [0.15, 0.2) is 11.5 Å². The number of halogens is 1. The molecule has 2 aliphatic rings. The van der Waals surface area contributed by atoms with Crippen molar-refractivity contribution in [1.82, 2.24) is 28.1 Å². The van der Waals surface area contributed by atoms with Crippen molar-refractivity contribution in [3.63, 3.8) is 0 Å². The summed E-state index contributed by atoms with van der Waals surface area (Å²) < 4.78 is 32.9. The van der Waals surface area contributed by atoms with Gasteiger partial charge in [-0.05, 0) is 117 Å². The average Bonchev–Trinajstić information content (AvgIpc) is 3.65. The Morgan fingerprint density at radius 3 is 1.82 bits per heavy atom. The van der Waals surface area contributed by atoms with Crippen molar-refractivity contribution >= 4 is 27.8 Å². The highest BCUT2D eigenvalue weighted by Crippen LogP contribution is 2.34. The van der Waals surface area contributed by atoms with Gasteiger partial charge in [-0.1, -0.05) is 24.3 Å². The van der Waals surface area contributed by atoms with Gasteiger partial charge in [0.25, 0.3) is 0 Å². The smallest absolute Gasteiger partial charge is 0.329 e. The van der Waals surface area contributed by atoms with Crippen LogP contribution in [0.1, 0.15) is 36.8 Å². The lowest BCUT2D eigenvalue weighted by molar-refractivity contribution is 0.244. The Morgan fingerprint density at radius 2 is 1.16 bits per heavy atom. The maximum absolute atomic E-state index is 13.8. The number of ether oxygens (including phenoxy) is 2. The van der Waals surface area contributed by atoms with E-state index in [1.807, 2.05) is 81.4 Å². The molecule has 8 rings (SSSR count). The first-order valence-electron chi connectivity index (χ1n) is 20.5. The van der Waals surface area contributed by atoms with Gasteiger partial charge in [-0.15, -0.1) is 0 Å². The highest BCUT2D eigenvalue weighted by Gasteiger charge is 2.21. The van der Waals surface area contributed by atoms with Crippen molar-refractivity contribution < 1.29 is 13.9 Å². The number of aromatic nitrogens is 4. The van der Waals surface area contributed by atoms with Gasteiger partial charge >= 0.3 is 11.4 Å².